The summed E-state index contributed by atoms with van der Waals surface area (Å²) in [4.78, 5) is 0. The molecule has 3 N–H and O–H groups in total. The Hall–Kier alpha value is -0.210. The molecule has 0 aliphatic carbocycles. The highest BCUT2D eigenvalue weighted by atomic mass is 32.3. The molecule has 7 heteroatoms. The minimum atomic E-state index is -4.16. The first kappa shape index (κ1) is 49.9. The number of aliphatic hydroxyl groups is 1. The molecule has 0 saturated carbocycles. The third-order valence-corrected chi connectivity index (χ3v) is 10.3. The summed E-state index contributed by atoms with van der Waals surface area (Å²) < 4.78 is 29.7. The lowest BCUT2D eigenvalue weighted by atomic mass is 9.94. The Morgan fingerprint density at radius 2 is 0.708 bits per heavy atom. The smallest absolute Gasteiger partial charge is 0.395 e. The molecule has 0 atom stereocenters. The topological polar surface area (TPSA) is 95.9 Å². The summed E-state index contributed by atoms with van der Waals surface area (Å²) in [5.74, 6) is 0.815. The first-order chi connectivity index (χ1) is 23.4. The van der Waals surface area contributed by atoms with Crippen LogP contribution in [0.25, 0.3) is 0 Å². The summed E-state index contributed by atoms with van der Waals surface area (Å²) >= 11 is 0. The van der Waals surface area contributed by atoms with Crippen LogP contribution in [0.3, 0.4) is 0 Å². The van der Waals surface area contributed by atoms with Crippen LogP contribution in [-0.2, 0) is 14.6 Å². The zero-order valence-corrected chi connectivity index (χ0v) is 33.6. The van der Waals surface area contributed by atoms with E-state index in [1.165, 1.54) is 218 Å². The minimum absolute atomic E-state index is 0.269. The van der Waals surface area contributed by atoms with Crippen molar-refractivity contribution in [1.82, 2.24) is 5.32 Å². The van der Waals surface area contributed by atoms with E-state index in [1.807, 2.05) is 0 Å². The molecule has 0 radical (unpaired) electrons. The van der Waals surface area contributed by atoms with Crippen LogP contribution in [0.2, 0.25) is 0 Å². The van der Waals surface area contributed by atoms with Gasteiger partial charge in [-0.3, -0.25) is 8.74 Å². The van der Waals surface area contributed by atoms with Crippen molar-refractivity contribution in [3.05, 3.63) is 0 Å². The molecular formula is C41H87NO5S. The normalized spacial score (nSPS) is 11.7. The van der Waals surface area contributed by atoms with Crippen LogP contribution < -0.4 is 5.32 Å². The Labute approximate surface area is 302 Å². The maximum absolute atomic E-state index is 9.33. The van der Waals surface area contributed by atoms with E-state index < -0.39 is 10.4 Å². The van der Waals surface area contributed by atoms with Crippen molar-refractivity contribution in [2.24, 2.45) is 5.92 Å². The molecule has 6 nitrogen and oxygen atoms in total. The van der Waals surface area contributed by atoms with Crippen molar-refractivity contribution < 1.29 is 22.3 Å². The molecule has 0 spiro atoms. The average Bonchev–Trinajstić information content (AvgIpc) is 3.07. The fraction of sp³-hybridized carbons (Fsp3) is 1.00. The summed E-state index contributed by atoms with van der Waals surface area (Å²) in [5, 5.41) is 12.7. The van der Waals surface area contributed by atoms with Gasteiger partial charge in [-0.15, -0.1) is 0 Å². The first-order valence-electron chi connectivity index (χ1n) is 21.3. The van der Waals surface area contributed by atoms with Gasteiger partial charge in [0.25, 0.3) is 0 Å². The fourth-order valence-corrected chi connectivity index (χ4v) is 6.70. The van der Waals surface area contributed by atoms with Crippen LogP contribution in [0.4, 0.5) is 0 Å². The predicted molar refractivity (Wildman–Crippen MR) is 210 cm³/mol. The van der Waals surface area contributed by atoms with Gasteiger partial charge in [0, 0.05) is 6.54 Å². The van der Waals surface area contributed by atoms with E-state index in [9.17, 15) is 8.42 Å². The lowest BCUT2D eigenvalue weighted by Crippen LogP contribution is -2.25. The van der Waals surface area contributed by atoms with E-state index in [2.05, 4.69) is 23.3 Å². The van der Waals surface area contributed by atoms with Crippen LogP contribution in [0, 0.1) is 5.92 Å². The Balaban J connectivity index is 0. The molecule has 0 saturated heterocycles. The number of hydrogen-bond acceptors (Lipinski definition) is 5. The van der Waals surface area contributed by atoms with Crippen LogP contribution in [0.5, 0.6) is 0 Å². The quantitative estimate of drug-likeness (QED) is 0.0435. The summed E-state index contributed by atoms with van der Waals surface area (Å²) in [6, 6.07) is 0. The summed E-state index contributed by atoms with van der Waals surface area (Å²) in [7, 11) is -3.29. The van der Waals surface area contributed by atoms with Crippen molar-refractivity contribution in [3.8, 4) is 0 Å². The molecule has 0 aromatic rings. The van der Waals surface area contributed by atoms with E-state index >= 15 is 0 Å². The van der Waals surface area contributed by atoms with E-state index in [0.717, 1.165) is 26.1 Å². The Bertz CT molecular complexity index is 640. The second-order valence-corrected chi connectivity index (χ2v) is 15.8. The maximum Gasteiger partial charge on any atom is 0.397 e. The van der Waals surface area contributed by atoms with Crippen LogP contribution in [0.1, 0.15) is 232 Å². The van der Waals surface area contributed by atoms with Crippen molar-refractivity contribution in [1.29, 1.82) is 0 Å². The van der Waals surface area contributed by atoms with E-state index in [-0.39, 0.29) is 6.61 Å². The number of nitrogens with one attached hydrogen (secondary N) is 1. The minimum Gasteiger partial charge on any atom is -0.395 e. The molecule has 0 aliphatic heterocycles. The standard InChI is InChI=1S/C40H83NO.CH4O4S/c1-3-5-7-9-11-13-15-17-19-21-23-25-27-29-31-33-35-40(39-41-37-38-42)36-34-32-30-28-26-24-22-20-18-16-14-12-10-8-6-4-2;1-5-6(2,3)4/h40-42H,3-39H2,1-2H3;1H3,(H,2,3,4). The predicted octanol–water partition coefficient (Wildman–Crippen LogP) is 12.9. The van der Waals surface area contributed by atoms with Gasteiger partial charge in [0.15, 0.2) is 0 Å². The van der Waals surface area contributed by atoms with Gasteiger partial charge >= 0.3 is 10.4 Å². The molecule has 48 heavy (non-hydrogen) atoms. The van der Waals surface area contributed by atoms with Gasteiger partial charge in [0.2, 0.25) is 0 Å². The molecule has 0 unspecified atom stereocenters. The monoisotopic (exact) mass is 706 g/mol. The van der Waals surface area contributed by atoms with Gasteiger partial charge in [-0.05, 0) is 25.3 Å². The number of rotatable bonds is 39. The van der Waals surface area contributed by atoms with E-state index in [0.29, 0.717) is 0 Å². The number of unbranched alkanes of at least 4 members (excludes halogenated alkanes) is 30. The first-order valence-corrected chi connectivity index (χ1v) is 22.6. The molecular weight excluding hydrogens is 619 g/mol. The third kappa shape index (κ3) is 47.9. The van der Waals surface area contributed by atoms with Crippen molar-refractivity contribution in [3.63, 3.8) is 0 Å². The third-order valence-electron chi connectivity index (χ3n) is 9.86. The molecule has 0 bridgehead atoms. The highest BCUT2D eigenvalue weighted by molar-refractivity contribution is 7.80. The SMILES string of the molecule is CCCCCCCCCCCCCCCCCCC(CCCCCCCCCCCCCCCCCC)CNCCO.COS(=O)(=O)O. The Morgan fingerprint density at radius 1 is 0.479 bits per heavy atom. The number of hydrogen-bond donors (Lipinski definition) is 3. The summed E-state index contributed by atoms with van der Waals surface area (Å²) in [5.41, 5.74) is 0. The molecule has 0 fully saturated rings. The summed E-state index contributed by atoms with van der Waals surface area (Å²) in [6.07, 6.45) is 49.1. The van der Waals surface area contributed by atoms with Crippen molar-refractivity contribution in [2.45, 2.75) is 232 Å². The van der Waals surface area contributed by atoms with Gasteiger partial charge in [-0.25, -0.2) is 0 Å². The maximum atomic E-state index is 9.33. The lowest BCUT2D eigenvalue weighted by Gasteiger charge is -2.17. The molecule has 0 aromatic heterocycles. The molecule has 292 valence electrons. The van der Waals surface area contributed by atoms with Gasteiger partial charge < -0.3 is 10.4 Å². The van der Waals surface area contributed by atoms with E-state index in [4.69, 9.17) is 9.66 Å². The largest absolute Gasteiger partial charge is 0.397 e. The molecule has 0 amide bonds. The molecule has 0 heterocycles. The zero-order valence-electron chi connectivity index (χ0n) is 32.8. The van der Waals surface area contributed by atoms with Gasteiger partial charge in [0.1, 0.15) is 0 Å². The summed E-state index contributed by atoms with van der Waals surface area (Å²) in [6.45, 7) is 6.74. The molecule has 0 aliphatic rings. The van der Waals surface area contributed by atoms with Crippen LogP contribution in [-0.4, -0.2) is 44.9 Å². The van der Waals surface area contributed by atoms with Gasteiger partial charge in [-0.2, -0.15) is 8.42 Å². The lowest BCUT2D eigenvalue weighted by molar-refractivity contribution is 0.283. The van der Waals surface area contributed by atoms with Crippen LogP contribution in [0.15, 0.2) is 0 Å². The van der Waals surface area contributed by atoms with Crippen LogP contribution >= 0.6 is 0 Å². The van der Waals surface area contributed by atoms with Crippen molar-refractivity contribution >= 4 is 10.4 Å². The molecule has 0 aromatic carbocycles. The zero-order chi connectivity index (χ0) is 35.7. The number of aliphatic hydroxyl groups excluding tert-OH is 1. The average molecular weight is 706 g/mol. The van der Waals surface area contributed by atoms with Crippen molar-refractivity contribution in [2.75, 3.05) is 26.8 Å². The molecule has 0 rings (SSSR count). The Kier molecular flexibility index (Phi) is 44.7. The second kappa shape index (κ2) is 43.0. The van der Waals surface area contributed by atoms with E-state index in [1.54, 1.807) is 0 Å². The van der Waals surface area contributed by atoms with Gasteiger partial charge in [0.05, 0.1) is 13.7 Å². The highest BCUT2D eigenvalue weighted by Gasteiger charge is 2.08. The Morgan fingerprint density at radius 3 is 0.917 bits per heavy atom. The second-order valence-electron chi connectivity index (χ2n) is 14.6. The highest BCUT2D eigenvalue weighted by Crippen LogP contribution is 2.20. The van der Waals surface area contributed by atoms with Gasteiger partial charge in [-0.1, -0.05) is 219 Å². The fourth-order valence-electron chi connectivity index (χ4n) is 6.70.